The Balaban J connectivity index is 2.01. The van der Waals surface area contributed by atoms with Crippen molar-refractivity contribution < 1.29 is 25.8 Å². The Kier molecular flexibility index (Phi) is 7.49. The molecule has 34 heavy (non-hydrogen) atoms. The molecule has 0 bridgehead atoms. The maximum atomic E-state index is 13.2. The summed E-state index contributed by atoms with van der Waals surface area (Å²) < 4.78 is 84.5. The maximum Gasteiger partial charge on any atom is 0.417 e. The monoisotopic (exact) mass is 574 g/mol. The number of nitrogens with one attached hydrogen (secondary N) is 2. The highest BCUT2D eigenvalue weighted by Gasteiger charge is 2.34. The molecule has 0 spiro atoms. The standard InChI is InChI=1S/C19H16Cl3F3N4O3S2/c1-9-6-15(27-33(30)11-4-5-13(20)12(7-11)19(23,24)25)16(8-14(9)21)28-34(31,32)17-10(2)26-29(3)18(17)22/h4-8,27-28H,1-3H3. The van der Waals surface area contributed by atoms with Gasteiger partial charge in [-0.25, -0.2) is 12.6 Å². The first-order chi connectivity index (χ1) is 15.6. The lowest BCUT2D eigenvalue weighted by Gasteiger charge is -2.16. The molecule has 0 aliphatic carbocycles. The van der Waals surface area contributed by atoms with E-state index in [9.17, 15) is 25.8 Å². The summed E-state index contributed by atoms with van der Waals surface area (Å²) in [5.74, 6) is 0. The van der Waals surface area contributed by atoms with Gasteiger partial charge in [0.15, 0.2) is 0 Å². The third-order valence-corrected chi connectivity index (χ3v) is 8.46. The molecule has 7 nitrogen and oxygen atoms in total. The fourth-order valence-electron chi connectivity index (χ4n) is 2.96. The molecule has 1 aromatic heterocycles. The van der Waals surface area contributed by atoms with Gasteiger partial charge >= 0.3 is 6.18 Å². The lowest BCUT2D eigenvalue weighted by molar-refractivity contribution is -0.137. The number of halogens is 6. The molecule has 184 valence electrons. The van der Waals surface area contributed by atoms with Gasteiger partial charge in [0.1, 0.15) is 21.0 Å². The van der Waals surface area contributed by atoms with Crippen LogP contribution in [0.25, 0.3) is 0 Å². The van der Waals surface area contributed by atoms with E-state index in [4.69, 9.17) is 34.8 Å². The van der Waals surface area contributed by atoms with Crippen LogP contribution in [0.2, 0.25) is 15.2 Å². The zero-order valence-corrected chi connectivity index (χ0v) is 21.5. The van der Waals surface area contributed by atoms with Gasteiger partial charge in [0.05, 0.1) is 32.6 Å². The van der Waals surface area contributed by atoms with Gasteiger partial charge in [-0.15, -0.1) is 0 Å². The number of hydrogen-bond acceptors (Lipinski definition) is 4. The molecule has 1 heterocycles. The summed E-state index contributed by atoms with van der Waals surface area (Å²) in [6.45, 7) is 3.07. The summed E-state index contributed by atoms with van der Waals surface area (Å²) >= 11 is 17.8. The highest BCUT2D eigenvalue weighted by molar-refractivity contribution is 7.93. The molecule has 1 unspecified atom stereocenters. The number of hydrogen-bond donors (Lipinski definition) is 2. The van der Waals surface area contributed by atoms with Crippen molar-refractivity contribution in [2.45, 2.75) is 29.8 Å². The molecule has 2 N–H and O–H groups in total. The van der Waals surface area contributed by atoms with E-state index in [1.165, 1.54) is 30.8 Å². The van der Waals surface area contributed by atoms with E-state index < -0.39 is 37.8 Å². The number of sulfonamides is 1. The molecule has 0 saturated heterocycles. The third-order valence-electron chi connectivity index (χ3n) is 4.57. The van der Waals surface area contributed by atoms with Gasteiger partial charge in [-0.05, 0) is 49.7 Å². The number of anilines is 2. The number of alkyl halides is 3. The molecule has 0 saturated carbocycles. The van der Waals surface area contributed by atoms with Gasteiger partial charge in [-0.3, -0.25) is 14.1 Å². The zero-order chi connectivity index (χ0) is 25.6. The Hall–Kier alpha value is -1.99. The Morgan fingerprint density at radius 2 is 1.68 bits per heavy atom. The average Bonchev–Trinajstić information content (AvgIpc) is 2.97. The molecular formula is C19H16Cl3F3N4O3S2. The van der Waals surface area contributed by atoms with Crippen LogP contribution in [0, 0.1) is 13.8 Å². The van der Waals surface area contributed by atoms with E-state index in [0.717, 1.165) is 12.1 Å². The van der Waals surface area contributed by atoms with Gasteiger partial charge in [0, 0.05) is 12.1 Å². The van der Waals surface area contributed by atoms with Gasteiger partial charge in [0.25, 0.3) is 10.0 Å². The SMILES string of the molecule is Cc1cc(NS(=O)c2ccc(Cl)c(C(F)(F)F)c2)c(NS(=O)(=O)c2c(C)nn(C)c2Cl)cc1Cl. The summed E-state index contributed by atoms with van der Waals surface area (Å²) in [7, 11) is -5.02. The van der Waals surface area contributed by atoms with Crippen LogP contribution in [0.5, 0.6) is 0 Å². The maximum absolute atomic E-state index is 13.2. The Morgan fingerprint density at radius 1 is 1.03 bits per heavy atom. The van der Waals surface area contributed by atoms with Crippen molar-refractivity contribution in [3.05, 3.63) is 62.4 Å². The summed E-state index contributed by atoms with van der Waals surface area (Å²) in [6, 6.07) is 5.46. The topological polar surface area (TPSA) is 93.1 Å². The Bertz CT molecular complexity index is 1410. The first-order valence-electron chi connectivity index (χ1n) is 9.19. The van der Waals surface area contributed by atoms with Crippen LogP contribution >= 0.6 is 34.8 Å². The number of aromatic nitrogens is 2. The summed E-state index contributed by atoms with van der Waals surface area (Å²) in [6.07, 6.45) is -4.75. The number of nitrogens with zero attached hydrogens (tertiary/aromatic N) is 2. The molecular weight excluding hydrogens is 560 g/mol. The summed E-state index contributed by atoms with van der Waals surface area (Å²) in [5.41, 5.74) is -0.626. The predicted molar refractivity (Wildman–Crippen MR) is 126 cm³/mol. The van der Waals surface area contributed by atoms with Crippen LogP contribution in [0.1, 0.15) is 16.8 Å². The van der Waals surface area contributed by atoms with Gasteiger partial charge in [0.2, 0.25) is 0 Å². The van der Waals surface area contributed by atoms with Gasteiger partial charge in [-0.2, -0.15) is 18.3 Å². The van der Waals surface area contributed by atoms with Crippen LogP contribution < -0.4 is 9.44 Å². The van der Waals surface area contributed by atoms with Crippen LogP contribution in [0.3, 0.4) is 0 Å². The van der Waals surface area contributed by atoms with Crippen molar-refractivity contribution >= 4 is 67.2 Å². The fraction of sp³-hybridized carbons (Fsp3) is 0.211. The Morgan fingerprint density at radius 3 is 2.24 bits per heavy atom. The van der Waals surface area contributed by atoms with Crippen LogP contribution in [0.15, 0.2) is 40.1 Å². The molecule has 3 rings (SSSR count). The molecule has 3 aromatic rings. The van der Waals surface area contributed by atoms with E-state index >= 15 is 0 Å². The van der Waals surface area contributed by atoms with Crippen LogP contribution in [-0.4, -0.2) is 22.4 Å². The minimum absolute atomic E-state index is 0.00461. The molecule has 15 heteroatoms. The zero-order valence-electron chi connectivity index (χ0n) is 17.6. The van der Waals surface area contributed by atoms with Crippen molar-refractivity contribution in [1.82, 2.24) is 9.78 Å². The van der Waals surface area contributed by atoms with Gasteiger partial charge in [-0.1, -0.05) is 34.8 Å². The van der Waals surface area contributed by atoms with E-state index in [-0.39, 0.29) is 37.0 Å². The first-order valence-corrected chi connectivity index (χ1v) is 13.0. The van der Waals surface area contributed by atoms with Crippen molar-refractivity contribution in [3.63, 3.8) is 0 Å². The second-order valence-electron chi connectivity index (χ2n) is 7.09. The van der Waals surface area contributed by atoms with E-state index in [1.807, 2.05) is 0 Å². The quantitative estimate of drug-likeness (QED) is 0.380. The summed E-state index contributed by atoms with van der Waals surface area (Å²) in [4.78, 5) is -0.503. The van der Waals surface area contributed by atoms with E-state index in [1.54, 1.807) is 6.92 Å². The Labute approximate surface area is 210 Å². The molecule has 0 fully saturated rings. The minimum atomic E-state index is -4.75. The average molecular weight is 576 g/mol. The van der Waals surface area contributed by atoms with Crippen molar-refractivity contribution in [2.75, 3.05) is 9.44 Å². The molecule has 0 aliphatic rings. The second kappa shape index (κ2) is 9.57. The molecule has 0 radical (unpaired) electrons. The van der Waals surface area contributed by atoms with Gasteiger partial charge < -0.3 is 0 Å². The number of rotatable bonds is 6. The third kappa shape index (κ3) is 5.46. The summed E-state index contributed by atoms with van der Waals surface area (Å²) in [5, 5.41) is 3.47. The normalized spacial score (nSPS) is 13.1. The van der Waals surface area contributed by atoms with Crippen molar-refractivity contribution in [1.29, 1.82) is 0 Å². The highest BCUT2D eigenvalue weighted by atomic mass is 35.5. The molecule has 0 amide bonds. The highest BCUT2D eigenvalue weighted by Crippen LogP contribution is 2.37. The fourth-order valence-corrected chi connectivity index (χ4v) is 6.07. The number of benzene rings is 2. The van der Waals surface area contributed by atoms with E-state index in [0.29, 0.717) is 11.6 Å². The molecule has 1 atom stereocenters. The van der Waals surface area contributed by atoms with E-state index in [2.05, 4.69) is 14.5 Å². The first kappa shape index (κ1) is 26.6. The van der Waals surface area contributed by atoms with Crippen LogP contribution in [0.4, 0.5) is 24.5 Å². The second-order valence-corrected chi connectivity index (χ2v) is 11.1. The minimum Gasteiger partial charge on any atom is -0.299 e. The smallest absolute Gasteiger partial charge is 0.299 e. The molecule has 0 aliphatic heterocycles. The van der Waals surface area contributed by atoms with Crippen LogP contribution in [-0.2, 0) is 34.2 Å². The van der Waals surface area contributed by atoms with Crippen molar-refractivity contribution in [3.8, 4) is 0 Å². The number of aryl methyl sites for hydroxylation is 3. The lowest BCUT2D eigenvalue weighted by atomic mass is 10.2. The molecule has 2 aromatic carbocycles. The van der Waals surface area contributed by atoms with Crippen molar-refractivity contribution in [2.24, 2.45) is 7.05 Å². The lowest BCUT2D eigenvalue weighted by Crippen LogP contribution is -2.16. The predicted octanol–water partition coefficient (Wildman–Crippen LogP) is 5.95. The largest absolute Gasteiger partial charge is 0.417 e.